The fourth-order valence-corrected chi connectivity index (χ4v) is 4.50. The third kappa shape index (κ3) is 5.16. The van der Waals surface area contributed by atoms with E-state index in [0.717, 1.165) is 65.0 Å². The van der Waals surface area contributed by atoms with E-state index in [0.29, 0.717) is 23.0 Å². The summed E-state index contributed by atoms with van der Waals surface area (Å²) in [6, 6.07) is 11.4. The quantitative estimate of drug-likeness (QED) is 0.334. The van der Waals surface area contributed by atoms with Crippen molar-refractivity contribution in [1.29, 1.82) is 0 Å². The molecule has 4 heterocycles. The summed E-state index contributed by atoms with van der Waals surface area (Å²) in [5, 5.41) is 5.90. The van der Waals surface area contributed by atoms with Gasteiger partial charge in [0.15, 0.2) is 0 Å². The number of hydrogen-bond acceptors (Lipinski definition) is 6. The fraction of sp³-hybridized carbons (Fsp3) is 0.267. The third-order valence-corrected chi connectivity index (χ3v) is 7.05. The molecule has 0 atom stereocenters. The van der Waals surface area contributed by atoms with Crippen molar-refractivity contribution in [2.45, 2.75) is 45.4 Å². The minimum atomic E-state index is -0.189. The van der Waals surface area contributed by atoms with Crippen molar-refractivity contribution < 1.29 is 9.59 Å². The summed E-state index contributed by atoms with van der Waals surface area (Å²) >= 11 is 0. The summed E-state index contributed by atoms with van der Waals surface area (Å²) in [6.45, 7) is 3.89. The second kappa shape index (κ2) is 9.78. The standard InChI is InChI=1S/C30H28N6O2/c1-17-25(21-7-10-32-28(13-21)36-29(37)20-5-6-20)11-23(15-33-17)26-14-24(16-34-18(26)2)35-30(38)22-8-9-31-27(12-22)19-3-4-19/h7-16,19-20H,3-6H2,1-2H3,(H,35,38)(H,32,36,37). The Labute approximate surface area is 221 Å². The van der Waals surface area contributed by atoms with Gasteiger partial charge in [-0.15, -0.1) is 0 Å². The van der Waals surface area contributed by atoms with Gasteiger partial charge in [-0.25, -0.2) is 4.98 Å². The lowest BCUT2D eigenvalue weighted by molar-refractivity contribution is -0.117. The number of hydrogen-bond donors (Lipinski definition) is 2. The molecule has 4 aromatic rings. The van der Waals surface area contributed by atoms with E-state index in [2.05, 4.69) is 36.6 Å². The van der Waals surface area contributed by atoms with Crippen LogP contribution >= 0.6 is 0 Å². The van der Waals surface area contributed by atoms with E-state index in [-0.39, 0.29) is 17.7 Å². The van der Waals surface area contributed by atoms with Gasteiger partial charge >= 0.3 is 0 Å². The van der Waals surface area contributed by atoms with E-state index in [1.165, 1.54) is 0 Å². The molecule has 0 bridgehead atoms. The largest absolute Gasteiger partial charge is 0.321 e. The minimum absolute atomic E-state index is 0.0225. The van der Waals surface area contributed by atoms with E-state index >= 15 is 0 Å². The van der Waals surface area contributed by atoms with Crippen LogP contribution in [0.5, 0.6) is 0 Å². The summed E-state index contributed by atoms with van der Waals surface area (Å²) in [5.41, 5.74) is 7.47. The topological polar surface area (TPSA) is 110 Å². The highest BCUT2D eigenvalue weighted by Gasteiger charge is 2.30. The SMILES string of the molecule is Cc1ncc(NC(=O)c2ccnc(C3CC3)c2)cc1-c1cnc(C)c(-c2ccnc(NC(=O)C3CC3)c2)c1. The number of carbonyl (C=O) groups is 2. The molecule has 2 aliphatic carbocycles. The first-order valence-electron chi connectivity index (χ1n) is 12.9. The van der Waals surface area contributed by atoms with Gasteiger partial charge in [0.2, 0.25) is 5.91 Å². The molecule has 2 aliphatic rings. The van der Waals surface area contributed by atoms with Gasteiger partial charge in [-0.3, -0.25) is 24.5 Å². The normalized spacial score (nSPS) is 14.7. The smallest absolute Gasteiger partial charge is 0.255 e. The molecule has 8 heteroatoms. The first-order chi connectivity index (χ1) is 18.4. The highest BCUT2D eigenvalue weighted by atomic mass is 16.2. The van der Waals surface area contributed by atoms with Crippen LogP contribution in [-0.2, 0) is 4.79 Å². The number of carbonyl (C=O) groups excluding carboxylic acids is 2. The molecule has 2 N–H and O–H groups in total. The zero-order valence-electron chi connectivity index (χ0n) is 21.4. The summed E-state index contributed by atoms with van der Waals surface area (Å²) in [4.78, 5) is 43.1. The van der Waals surface area contributed by atoms with Gasteiger partial charge in [0.05, 0.1) is 11.9 Å². The maximum atomic E-state index is 13.0. The van der Waals surface area contributed by atoms with E-state index in [1.54, 1.807) is 24.7 Å². The van der Waals surface area contributed by atoms with Crippen molar-refractivity contribution in [1.82, 2.24) is 19.9 Å². The summed E-state index contributed by atoms with van der Waals surface area (Å²) in [6.07, 6.45) is 11.0. The van der Waals surface area contributed by atoms with Gasteiger partial charge in [0.1, 0.15) is 5.82 Å². The van der Waals surface area contributed by atoms with Crippen molar-refractivity contribution in [3.05, 3.63) is 83.8 Å². The van der Waals surface area contributed by atoms with Crippen LogP contribution in [0.3, 0.4) is 0 Å². The van der Waals surface area contributed by atoms with Crippen molar-refractivity contribution in [3.8, 4) is 22.3 Å². The molecule has 2 saturated carbocycles. The molecule has 0 unspecified atom stereocenters. The molecule has 8 nitrogen and oxygen atoms in total. The van der Waals surface area contributed by atoms with Crippen LogP contribution < -0.4 is 10.6 Å². The summed E-state index contributed by atoms with van der Waals surface area (Å²) in [5.74, 6) is 0.951. The highest BCUT2D eigenvalue weighted by Crippen LogP contribution is 2.39. The van der Waals surface area contributed by atoms with Crippen LogP contribution in [-0.4, -0.2) is 31.8 Å². The number of rotatable bonds is 7. The summed E-state index contributed by atoms with van der Waals surface area (Å²) in [7, 11) is 0. The lowest BCUT2D eigenvalue weighted by Gasteiger charge is -2.13. The van der Waals surface area contributed by atoms with Gasteiger partial charge in [-0.1, -0.05) is 0 Å². The van der Waals surface area contributed by atoms with Crippen LogP contribution in [0.1, 0.15) is 59.0 Å². The van der Waals surface area contributed by atoms with Crippen LogP contribution in [0, 0.1) is 19.8 Å². The number of pyridine rings is 4. The second-order valence-corrected chi connectivity index (χ2v) is 10.1. The van der Waals surface area contributed by atoms with Crippen LogP contribution in [0.15, 0.2) is 61.2 Å². The van der Waals surface area contributed by atoms with E-state index in [1.807, 2.05) is 44.3 Å². The lowest BCUT2D eigenvalue weighted by Crippen LogP contribution is -2.14. The monoisotopic (exact) mass is 504 g/mol. The van der Waals surface area contributed by atoms with Gasteiger partial charge in [0, 0.05) is 69.8 Å². The van der Waals surface area contributed by atoms with E-state index in [9.17, 15) is 9.59 Å². The molecular formula is C30H28N6O2. The summed E-state index contributed by atoms with van der Waals surface area (Å²) < 4.78 is 0. The van der Waals surface area contributed by atoms with Crippen LogP contribution in [0.4, 0.5) is 11.5 Å². The van der Waals surface area contributed by atoms with Crippen molar-refractivity contribution >= 4 is 23.3 Å². The zero-order valence-corrected chi connectivity index (χ0v) is 21.4. The van der Waals surface area contributed by atoms with Crippen LogP contribution in [0.2, 0.25) is 0 Å². The number of aryl methyl sites for hydroxylation is 2. The van der Waals surface area contributed by atoms with Crippen molar-refractivity contribution in [2.24, 2.45) is 5.92 Å². The first-order valence-corrected chi connectivity index (χ1v) is 12.9. The molecule has 0 saturated heterocycles. The maximum absolute atomic E-state index is 13.0. The van der Waals surface area contributed by atoms with E-state index < -0.39 is 0 Å². The Morgan fingerprint density at radius 2 is 1.50 bits per heavy atom. The second-order valence-electron chi connectivity index (χ2n) is 10.1. The minimum Gasteiger partial charge on any atom is -0.321 e. The number of nitrogens with one attached hydrogen (secondary N) is 2. The van der Waals surface area contributed by atoms with Gasteiger partial charge in [0.25, 0.3) is 5.91 Å². The van der Waals surface area contributed by atoms with Crippen LogP contribution in [0.25, 0.3) is 22.3 Å². The average Bonchev–Trinajstić information content (AvgIpc) is 3.83. The van der Waals surface area contributed by atoms with Gasteiger partial charge in [-0.2, -0.15) is 0 Å². The molecule has 0 aliphatic heterocycles. The predicted molar refractivity (Wildman–Crippen MR) is 146 cm³/mol. The molecule has 0 radical (unpaired) electrons. The molecular weight excluding hydrogens is 476 g/mol. The Kier molecular flexibility index (Phi) is 6.15. The number of amides is 2. The molecule has 2 fully saturated rings. The Hall–Kier alpha value is -4.46. The molecule has 2 amide bonds. The zero-order chi connectivity index (χ0) is 26.2. The Balaban J connectivity index is 1.26. The fourth-order valence-electron chi connectivity index (χ4n) is 4.50. The van der Waals surface area contributed by atoms with Crippen molar-refractivity contribution in [3.63, 3.8) is 0 Å². The predicted octanol–water partition coefficient (Wildman–Crippen LogP) is 5.70. The molecule has 4 aromatic heterocycles. The number of nitrogens with zero attached hydrogens (tertiary/aromatic N) is 4. The van der Waals surface area contributed by atoms with Crippen molar-refractivity contribution in [2.75, 3.05) is 10.6 Å². The van der Waals surface area contributed by atoms with E-state index in [4.69, 9.17) is 0 Å². The lowest BCUT2D eigenvalue weighted by atomic mass is 9.99. The Bertz CT molecular complexity index is 1560. The molecule has 6 rings (SSSR count). The molecule has 190 valence electrons. The first kappa shape index (κ1) is 23.9. The molecule has 0 spiro atoms. The van der Waals surface area contributed by atoms with Gasteiger partial charge < -0.3 is 10.6 Å². The third-order valence-electron chi connectivity index (χ3n) is 7.05. The Morgan fingerprint density at radius 3 is 2.26 bits per heavy atom. The number of anilines is 2. The Morgan fingerprint density at radius 1 is 0.763 bits per heavy atom. The maximum Gasteiger partial charge on any atom is 0.255 e. The van der Waals surface area contributed by atoms with Gasteiger partial charge in [-0.05, 0) is 81.5 Å². The molecule has 38 heavy (non-hydrogen) atoms. The molecule has 0 aromatic carbocycles. The number of aromatic nitrogens is 4. The average molecular weight is 505 g/mol. The highest BCUT2D eigenvalue weighted by molar-refractivity contribution is 6.04.